The highest BCUT2D eigenvalue weighted by Gasteiger charge is 2.18. The Morgan fingerprint density at radius 1 is 1.04 bits per heavy atom. The van der Waals surface area contributed by atoms with Crippen molar-refractivity contribution in [3.8, 4) is 0 Å². The average Bonchev–Trinajstić information content (AvgIpc) is 2.56. The first-order valence-electron chi connectivity index (χ1n) is 7.59. The summed E-state index contributed by atoms with van der Waals surface area (Å²) < 4.78 is 39.7. The number of nitrogens with zero attached hydrogens (tertiary/aromatic N) is 1. The summed E-state index contributed by atoms with van der Waals surface area (Å²) in [4.78, 5) is 14.0. The second-order valence-corrected chi connectivity index (χ2v) is 5.76. The Kier molecular flexibility index (Phi) is 5.98. The van der Waals surface area contributed by atoms with E-state index in [1.807, 2.05) is 49.1 Å². The third-order valence-electron chi connectivity index (χ3n) is 3.61. The van der Waals surface area contributed by atoms with Gasteiger partial charge in [-0.15, -0.1) is 0 Å². The second kappa shape index (κ2) is 7.97. The summed E-state index contributed by atoms with van der Waals surface area (Å²) >= 11 is 0. The molecule has 1 N–H and O–H groups in total. The standard InChI is InChI=1S/C18H19F3N2O/c1-12(2)23(10-13-6-4-3-5-7-13)11-16(24)22-15-9-8-14(19)17(20)18(15)21/h3-9,12H,10-11H2,1-2H3,(H,22,24). The van der Waals surface area contributed by atoms with Crippen LogP contribution in [0, 0.1) is 17.5 Å². The Hall–Kier alpha value is -2.34. The molecular formula is C18H19F3N2O. The predicted molar refractivity (Wildman–Crippen MR) is 86.9 cm³/mol. The number of carbonyl (C=O) groups excluding carboxylic acids is 1. The fourth-order valence-electron chi connectivity index (χ4n) is 2.24. The molecule has 3 nitrogen and oxygen atoms in total. The first-order valence-corrected chi connectivity index (χ1v) is 7.59. The molecule has 0 spiro atoms. The van der Waals surface area contributed by atoms with Crippen LogP contribution in [-0.4, -0.2) is 23.4 Å². The van der Waals surface area contributed by atoms with Crippen molar-refractivity contribution < 1.29 is 18.0 Å². The molecule has 0 aromatic heterocycles. The Balaban J connectivity index is 2.05. The molecule has 0 aliphatic heterocycles. The van der Waals surface area contributed by atoms with Crippen molar-refractivity contribution in [3.63, 3.8) is 0 Å². The number of anilines is 1. The molecule has 24 heavy (non-hydrogen) atoms. The van der Waals surface area contributed by atoms with Gasteiger partial charge in [-0.3, -0.25) is 9.69 Å². The number of carbonyl (C=O) groups is 1. The average molecular weight is 336 g/mol. The zero-order chi connectivity index (χ0) is 17.7. The summed E-state index contributed by atoms with van der Waals surface area (Å²) in [6.07, 6.45) is 0. The number of nitrogens with one attached hydrogen (secondary N) is 1. The molecule has 0 bridgehead atoms. The summed E-state index contributed by atoms with van der Waals surface area (Å²) in [7, 11) is 0. The van der Waals surface area contributed by atoms with E-state index in [9.17, 15) is 18.0 Å². The minimum atomic E-state index is -1.60. The van der Waals surface area contributed by atoms with Crippen molar-refractivity contribution in [2.45, 2.75) is 26.4 Å². The molecule has 0 atom stereocenters. The fourth-order valence-corrected chi connectivity index (χ4v) is 2.24. The zero-order valence-electron chi connectivity index (χ0n) is 13.5. The maximum absolute atomic E-state index is 13.6. The van der Waals surface area contributed by atoms with Gasteiger partial charge in [0.2, 0.25) is 5.91 Å². The quantitative estimate of drug-likeness (QED) is 0.810. The topological polar surface area (TPSA) is 32.3 Å². The van der Waals surface area contributed by atoms with E-state index in [-0.39, 0.29) is 18.3 Å². The largest absolute Gasteiger partial charge is 0.322 e. The van der Waals surface area contributed by atoms with Gasteiger partial charge in [0.1, 0.15) is 0 Å². The van der Waals surface area contributed by atoms with E-state index in [2.05, 4.69) is 5.32 Å². The van der Waals surface area contributed by atoms with Crippen LogP contribution in [0.25, 0.3) is 0 Å². The Bertz CT molecular complexity index is 705. The van der Waals surface area contributed by atoms with Crippen molar-refractivity contribution in [1.82, 2.24) is 4.90 Å². The molecule has 6 heteroatoms. The number of amides is 1. The number of halogens is 3. The van der Waals surface area contributed by atoms with Crippen LogP contribution in [-0.2, 0) is 11.3 Å². The molecule has 0 fully saturated rings. The van der Waals surface area contributed by atoms with Gasteiger partial charge in [-0.1, -0.05) is 30.3 Å². The number of benzene rings is 2. The van der Waals surface area contributed by atoms with Gasteiger partial charge in [-0.05, 0) is 31.5 Å². The number of rotatable bonds is 6. The Morgan fingerprint density at radius 2 is 1.71 bits per heavy atom. The van der Waals surface area contributed by atoms with Crippen molar-refractivity contribution in [2.75, 3.05) is 11.9 Å². The predicted octanol–water partition coefficient (Wildman–Crippen LogP) is 3.95. The summed E-state index contributed by atoms with van der Waals surface area (Å²) in [5.41, 5.74) is 0.667. The molecule has 0 aliphatic carbocycles. The van der Waals surface area contributed by atoms with Crippen molar-refractivity contribution in [3.05, 3.63) is 65.5 Å². The maximum Gasteiger partial charge on any atom is 0.238 e. The molecule has 1 amide bonds. The zero-order valence-corrected chi connectivity index (χ0v) is 13.5. The van der Waals surface area contributed by atoms with E-state index in [1.54, 1.807) is 0 Å². The monoisotopic (exact) mass is 336 g/mol. The van der Waals surface area contributed by atoms with Crippen LogP contribution in [0.5, 0.6) is 0 Å². The highest BCUT2D eigenvalue weighted by molar-refractivity contribution is 5.92. The molecule has 2 aromatic carbocycles. The SMILES string of the molecule is CC(C)N(CC(=O)Nc1ccc(F)c(F)c1F)Cc1ccccc1. The first-order chi connectivity index (χ1) is 11.4. The lowest BCUT2D eigenvalue weighted by Crippen LogP contribution is -2.37. The molecule has 128 valence electrons. The molecule has 0 heterocycles. The lowest BCUT2D eigenvalue weighted by molar-refractivity contribution is -0.117. The van der Waals surface area contributed by atoms with Crippen LogP contribution in [0.15, 0.2) is 42.5 Å². The van der Waals surface area contributed by atoms with Crippen molar-refractivity contribution in [1.29, 1.82) is 0 Å². The molecule has 0 saturated heterocycles. The Labute approximate surface area is 139 Å². The first kappa shape index (κ1) is 18.0. The molecule has 0 aliphatic rings. The van der Waals surface area contributed by atoms with Gasteiger partial charge < -0.3 is 5.32 Å². The number of hydrogen-bond donors (Lipinski definition) is 1. The smallest absolute Gasteiger partial charge is 0.238 e. The summed E-state index contributed by atoms with van der Waals surface area (Å²) in [6.45, 7) is 4.43. The van der Waals surface area contributed by atoms with Gasteiger partial charge >= 0.3 is 0 Å². The van der Waals surface area contributed by atoms with Gasteiger partial charge in [-0.2, -0.15) is 0 Å². The molecular weight excluding hydrogens is 317 g/mol. The molecule has 0 saturated carbocycles. The van der Waals surface area contributed by atoms with Crippen LogP contribution < -0.4 is 5.32 Å². The van der Waals surface area contributed by atoms with Crippen LogP contribution >= 0.6 is 0 Å². The lowest BCUT2D eigenvalue weighted by Gasteiger charge is -2.26. The number of hydrogen-bond acceptors (Lipinski definition) is 2. The fraction of sp³-hybridized carbons (Fsp3) is 0.278. The molecule has 0 radical (unpaired) electrons. The third-order valence-corrected chi connectivity index (χ3v) is 3.61. The highest BCUT2D eigenvalue weighted by atomic mass is 19.2. The van der Waals surface area contributed by atoms with Gasteiger partial charge in [-0.25, -0.2) is 13.2 Å². The van der Waals surface area contributed by atoms with Gasteiger partial charge in [0.05, 0.1) is 12.2 Å². The van der Waals surface area contributed by atoms with Gasteiger partial charge in [0.15, 0.2) is 17.5 Å². The second-order valence-electron chi connectivity index (χ2n) is 5.76. The van der Waals surface area contributed by atoms with Crippen LogP contribution in [0.1, 0.15) is 19.4 Å². The summed E-state index contributed by atoms with van der Waals surface area (Å²) in [6, 6.07) is 11.5. The van der Waals surface area contributed by atoms with Gasteiger partial charge in [0, 0.05) is 12.6 Å². The lowest BCUT2D eigenvalue weighted by atomic mass is 10.2. The highest BCUT2D eigenvalue weighted by Crippen LogP contribution is 2.19. The van der Waals surface area contributed by atoms with E-state index in [0.717, 1.165) is 17.7 Å². The van der Waals surface area contributed by atoms with E-state index in [1.165, 1.54) is 0 Å². The molecule has 0 unspecified atom stereocenters. The molecule has 2 aromatic rings. The van der Waals surface area contributed by atoms with E-state index in [4.69, 9.17) is 0 Å². The van der Waals surface area contributed by atoms with E-state index in [0.29, 0.717) is 6.54 Å². The maximum atomic E-state index is 13.6. The van der Waals surface area contributed by atoms with Crippen molar-refractivity contribution >= 4 is 11.6 Å². The van der Waals surface area contributed by atoms with E-state index < -0.39 is 23.4 Å². The van der Waals surface area contributed by atoms with Crippen LogP contribution in [0.3, 0.4) is 0 Å². The third kappa shape index (κ3) is 4.58. The summed E-state index contributed by atoms with van der Waals surface area (Å²) in [5, 5.41) is 2.29. The van der Waals surface area contributed by atoms with Crippen LogP contribution in [0.2, 0.25) is 0 Å². The normalized spacial score (nSPS) is 11.1. The van der Waals surface area contributed by atoms with Crippen molar-refractivity contribution in [2.24, 2.45) is 0 Å². The van der Waals surface area contributed by atoms with Crippen LogP contribution in [0.4, 0.5) is 18.9 Å². The molecule has 2 rings (SSSR count). The minimum Gasteiger partial charge on any atom is -0.322 e. The summed E-state index contributed by atoms with van der Waals surface area (Å²) in [5.74, 6) is -4.79. The van der Waals surface area contributed by atoms with E-state index >= 15 is 0 Å². The Morgan fingerprint density at radius 3 is 2.33 bits per heavy atom. The van der Waals surface area contributed by atoms with Gasteiger partial charge in [0.25, 0.3) is 0 Å². The minimum absolute atomic E-state index is 0.00496.